The Bertz CT molecular complexity index is 1300. The highest BCUT2D eigenvalue weighted by Crippen LogP contribution is 2.30. The molecule has 0 aliphatic carbocycles. The van der Waals surface area contributed by atoms with Crippen LogP contribution in [0, 0.1) is 11.3 Å². The van der Waals surface area contributed by atoms with Gasteiger partial charge >= 0.3 is 6.09 Å². The summed E-state index contributed by atoms with van der Waals surface area (Å²) in [4.78, 5) is 27.9. The van der Waals surface area contributed by atoms with Gasteiger partial charge in [0.15, 0.2) is 0 Å². The molecule has 3 aromatic rings. The van der Waals surface area contributed by atoms with Crippen molar-refractivity contribution in [2.45, 2.75) is 51.7 Å². The predicted octanol–water partition coefficient (Wildman–Crippen LogP) is 5.51. The standard InChI is InChI=1S/C25H27Cl2N7O2/c1-25(2,3)36-24(35)33-12-4-5-17(15-33)31-23-29-11-9-21(32-23)34-18(8-10-28)14-30-22(34)16-6-7-19(26)20(27)13-16/h6-7,9,11,13-14,17H,4-5,8,12,15H2,1-3H3,(H,29,31,32). The normalized spacial score (nSPS) is 15.9. The first kappa shape index (κ1) is 25.7. The molecule has 1 N–H and O–H groups in total. The molecule has 1 atom stereocenters. The van der Waals surface area contributed by atoms with Crippen LogP contribution in [-0.4, -0.2) is 55.2 Å². The van der Waals surface area contributed by atoms with Crippen LogP contribution in [-0.2, 0) is 11.2 Å². The molecule has 1 aliphatic heterocycles. The maximum absolute atomic E-state index is 12.5. The topological polar surface area (TPSA) is 109 Å². The first-order valence-electron chi connectivity index (χ1n) is 11.6. The fourth-order valence-electron chi connectivity index (χ4n) is 4.00. The molecule has 1 fully saturated rings. The van der Waals surface area contributed by atoms with Crippen molar-refractivity contribution in [2.24, 2.45) is 0 Å². The number of nitrogens with zero attached hydrogens (tertiary/aromatic N) is 6. The van der Waals surface area contributed by atoms with E-state index in [9.17, 15) is 10.1 Å². The molecule has 1 aliphatic rings. The number of carbonyl (C=O) groups is 1. The van der Waals surface area contributed by atoms with E-state index in [0.717, 1.165) is 18.4 Å². The fraction of sp³-hybridized carbons (Fsp3) is 0.400. The molecule has 1 amide bonds. The monoisotopic (exact) mass is 527 g/mol. The van der Waals surface area contributed by atoms with Crippen molar-refractivity contribution in [1.29, 1.82) is 5.26 Å². The maximum atomic E-state index is 12.5. The minimum atomic E-state index is -0.549. The SMILES string of the molecule is CC(C)(C)OC(=O)N1CCCC(Nc2nccc(-n3c(CC#N)cnc3-c3ccc(Cl)c(Cl)c3)n2)C1. The van der Waals surface area contributed by atoms with Gasteiger partial charge in [-0.05, 0) is 57.9 Å². The van der Waals surface area contributed by atoms with E-state index in [1.807, 2.05) is 31.4 Å². The van der Waals surface area contributed by atoms with Gasteiger partial charge < -0.3 is 15.0 Å². The quantitative estimate of drug-likeness (QED) is 0.465. The van der Waals surface area contributed by atoms with Gasteiger partial charge in [-0.15, -0.1) is 0 Å². The average molecular weight is 528 g/mol. The van der Waals surface area contributed by atoms with E-state index in [1.165, 1.54) is 0 Å². The Hall–Kier alpha value is -3.35. The van der Waals surface area contributed by atoms with Gasteiger partial charge in [0.1, 0.15) is 17.2 Å². The molecule has 1 aromatic carbocycles. The second-order valence-electron chi connectivity index (χ2n) is 9.52. The Balaban J connectivity index is 1.59. The molecule has 3 heterocycles. The fourth-order valence-corrected chi connectivity index (χ4v) is 4.30. The van der Waals surface area contributed by atoms with Gasteiger partial charge in [0, 0.05) is 30.9 Å². The van der Waals surface area contributed by atoms with Crippen LogP contribution in [0.15, 0.2) is 36.7 Å². The average Bonchev–Trinajstić information content (AvgIpc) is 3.24. The largest absolute Gasteiger partial charge is 0.444 e. The summed E-state index contributed by atoms with van der Waals surface area (Å²) >= 11 is 12.3. The molecule has 0 spiro atoms. The smallest absolute Gasteiger partial charge is 0.410 e. The second-order valence-corrected chi connectivity index (χ2v) is 10.3. The predicted molar refractivity (Wildman–Crippen MR) is 138 cm³/mol. The number of rotatable bonds is 5. The van der Waals surface area contributed by atoms with Crippen LogP contribution in [0.1, 0.15) is 39.3 Å². The van der Waals surface area contributed by atoms with Crippen molar-refractivity contribution in [2.75, 3.05) is 18.4 Å². The van der Waals surface area contributed by atoms with Crippen molar-refractivity contribution < 1.29 is 9.53 Å². The Kier molecular flexibility index (Phi) is 7.67. The lowest BCUT2D eigenvalue weighted by molar-refractivity contribution is 0.0206. The van der Waals surface area contributed by atoms with Crippen molar-refractivity contribution in [3.05, 3.63) is 52.4 Å². The molecule has 1 saturated heterocycles. The van der Waals surface area contributed by atoms with E-state index in [-0.39, 0.29) is 18.6 Å². The number of likely N-dealkylation sites (tertiary alicyclic amines) is 1. The van der Waals surface area contributed by atoms with Crippen LogP contribution in [0.3, 0.4) is 0 Å². The number of aromatic nitrogens is 4. The lowest BCUT2D eigenvalue weighted by Crippen LogP contribution is -2.47. The molecule has 0 bridgehead atoms. The van der Waals surface area contributed by atoms with Crippen LogP contribution in [0.4, 0.5) is 10.7 Å². The molecule has 188 valence electrons. The zero-order chi connectivity index (χ0) is 25.9. The third-order valence-electron chi connectivity index (χ3n) is 5.55. The Morgan fingerprint density at radius 3 is 2.78 bits per heavy atom. The molecule has 0 saturated carbocycles. The molecule has 0 radical (unpaired) electrons. The number of hydrogen-bond donors (Lipinski definition) is 1. The van der Waals surface area contributed by atoms with Gasteiger partial charge in [-0.1, -0.05) is 23.2 Å². The van der Waals surface area contributed by atoms with E-state index in [1.54, 1.807) is 35.5 Å². The molecular weight excluding hydrogens is 501 g/mol. The third-order valence-corrected chi connectivity index (χ3v) is 6.29. The summed E-state index contributed by atoms with van der Waals surface area (Å²) < 4.78 is 7.33. The Labute approximate surface area is 220 Å². The number of benzene rings is 1. The highest BCUT2D eigenvalue weighted by molar-refractivity contribution is 6.42. The van der Waals surface area contributed by atoms with Crippen molar-refractivity contribution >= 4 is 35.2 Å². The van der Waals surface area contributed by atoms with Gasteiger partial charge in [0.25, 0.3) is 0 Å². The van der Waals surface area contributed by atoms with Crippen molar-refractivity contribution in [3.8, 4) is 23.3 Å². The third kappa shape index (κ3) is 6.07. The van der Waals surface area contributed by atoms with Gasteiger partial charge in [0.2, 0.25) is 5.95 Å². The summed E-state index contributed by atoms with van der Waals surface area (Å²) in [6, 6.07) is 9.15. The molecule has 1 unspecified atom stereocenters. The van der Waals surface area contributed by atoms with E-state index >= 15 is 0 Å². The summed E-state index contributed by atoms with van der Waals surface area (Å²) in [5.74, 6) is 1.55. The summed E-state index contributed by atoms with van der Waals surface area (Å²) in [5.41, 5.74) is 0.867. The number of imidazole rings is 1. The van der Waals surface area contributed by atoms with Crippen LogP contribution >= 0.6 is 23.2 Å². The lowest BCUT2D eigenvalue weighted by atomic mass is 10.1. The highest BCUT2D eigenvalue weighted by Gasteiger charge is 2.28. The molecular formula is C25H27Cl2N7O2. The lowest BCUT2D eigenvalue weighted by Gasteiger charge is -2.34. The summed E-state index contributed by atoms with van der Waals surface area (Å²) in [6.45, 7) is 6.70. The minimum absolute atomic E-state index is 0.0302. The van der Waals surface area contributed by atoms with E-state index in [0.29, 0.717) is 46.4 Å². The molecule has 9 nitrogen and oxygen atoms in total. The number of ether oxygens (including phenoxy) is 1. The summed E-state index contributed by atoms with van der Waals surface area (Å²) in [5, 5.41) is 13.5. The summed E-state index contributed by atoms with van der Waals surface area (Å²) in [7, 11) is 0. The second kappa shape index (κ2) is 10.7. The first-order chi connectivity index (χ1) is 17.1. The Morgan fingerprint density at radius 1 is 1.25 bits per heavy atom. The number of piperidine rings is 1. The number of anilines is 1. The van der Waals surface area contributed by atoms with Crippen molar-refractivity contribution in [3.63, 3.8) is 0 Å². The highest BCUT2D eigenvalue weighted by atomic mass is 35.5. The molecule has 36 heavy (non-hydrogen) atoms. The number of carbonyl (C=O) groups excluding carboxylic acids is 1. The zero-order valence-electron chi connectivity index (χ0n) is 20.3. The maximum Gasteiger partial charge on any atom is 0.410 e. The number of amides is 1. The van der Waals surface area contributed by atoms with Crippen LogP contribution < -0.4 is 5.32 Å². The van der Waals surface area contributed by atoms with Gasteiger partial charge in [0.05, 0.1) is 34.4 Å². The Morgan fingerprint density at radius 2 is 2.06 bits per heavy atom. The molecule has 2 aromatic heterocycles. The van der Waals surface area contributed by atoms with Crippen LogP contribution in [0.25, 0.3) is 17.2 Å². The number of halogens is 2. The van der Waals surface area contributed by atoms with Crippen LogP contribution in [0.5, 0.6) is 0 Å². The molecule has 4 rings (SSSR count). The number of hydrogen-bond acceptors (Lipinski definition) is 7. The van der Waals surface area contributed by atoms with E-state index in [2.05, 4.69) is 21.4 Å². The van der Waals surface area contributed by atoms with E-state index < -0.39 is 5.60 Å². The number of nitrogens with one attached hydrogen (secondary N) is 1. The van der Waals surface area contributed by atoms with Gasteiger partial charge in [-0.3, -0.25) is 4.57 Å². The van der Waals surface area contributed by atoms with Gasteiger partial charge in [-0.2, -0.15) is 10.2 Å². The summed E-state index contributed by atoms with van der Waals surface area (Å²) in [6.07, 6.45) is 4.82. The van der Waals surface area contributed by atoms with E-state index in [4.69, 9.17) is 32.9 Å². The zero-order valence-corrected chi connectivity index (χ0v) is 21.8. The number of nitriles is 1. The van der Waals surface area contributed by atoms with Gasteiger partial charge in [-0.25, -0.2) is 14.8 Å². The van der Waals surface area contributed by atoms with Crippen LogP contribution in [0.2, 0.25) is 10.0 Å². The first-order valence-corrected chi connectivity index (χ1v) is 12.4. The van der Waals surface area contributed by atoms with Crippen molar-refractivity contribution in [1.82, 2.24) is 24.4 Å². The minimum Gasteiger partial charge on any atom is -0.444 e. The molecule has 11 heteroatoms.